The fourth-order valence-corrected chi connectivity index (χ4v) is 4.70. The summed E-state index contributed by atoms with van der Waals surface area (Å²) in [5, 5.41) is 6.19. The molecular formula is C25H20N6OS. The van der Waals surface area contributed by atoms with Gasteiger partial charge in [-0.1, -0.05) is 24.3 Å². The summed E-state index contributed by atoms with van der Waals surface area (Å²) in [6, 6.07) is 20.2. The Bertz CT molecular complexity index is 1420. The van der Waals surface area contributed by atoms with Crippen LogP contribution in [0.5, 0.6) is 11.6 Å². The molecule has 3 aromatic heterocycles. The monoisotopic (exact) mass is 452 g/mol. The topological polar surface area (TPSA) is 76.1 Å². The van der Waals surface area contributed by atoms with Crippen LogP contribution in [-0.2, 0) is 13.0 Å². The van der Waals surface area contributed by atoms with Crippen molar-refractivity contribution >= 4 is 39.0 Å². The van der Waals surface area contributed by atoms with Gasteiger partial charge in [0, 0.05) is 25.0 Å². The van der Waals surface area contributed by atoms with Crippen molar-refractivity contribution in [1.29, 1.82) is 0 Å². The third kappa shape index (κ3) is 4.08. The molecule has 0 spiro atoms. The van der Waals surface area contributed by atoms with Crippen LogP contribution in [0.15, 0.2) is 78.6 Å². The third-order valence-corrected chi connectivity index (χ3v) is 6.47. The molecule has 0 aliphatic carbocycles. The van der Waals surface area contributed by atoms with Gasteiger partial charge in [-0.05, 0) is 59.3 Å². The maximum Gasteiger partial charge on any atom is 0.231 e. The molecule has 0 bridgehead atoms. The molecule has 33 heavy (non-hydrogen) atoms. The molecule has 2 aromatic carbocycles. The lowest BCUT2D eigenvalue weighted by Crippen LogP contribution is -2.31. The molecule has 0 saturated carbocycles. The van der Waals surface area contributed by atoms with Gasteiger partial charge in [0.1, 0.15) is 22.7 Å². The Hall–Kier alpha value is -4.04. The molecule has 0 unspecified atom stereocenters. The second-order valence-electron chi connectivity index (χ2n) is 7.75. The van der Waals surface area contributed by atoms with E-state index in [-0.39, 0.29) is 0 Å². The molecule has 1 aliphatic heterocycles. The highest BCUT2D eigenvalue weighted by Crippen LogP contribution is 2.30. The molecule has 0 fully saturated rings. The first-order chi connectivity index (χ1) is 16.3. The second-order valence-corrected chi connectivity index (χ2v) is 8.64. The Kier molecular flexibility index (Phi) is 5.04. The average Bonchev–Trinajstić information content (AvgIpc) is 3.35. The fourth-order valence-electron chi connectivity index (χ4n) is 3.97. The largest absolute Gasteiger partial charge is 0.438 e. The third-order valence-electron chi connectivity index (χ3n) is 5.65. The standard InChI is InChI=1S/C25H20N6OS/c1-2-4-18-15-31(13-10-17(18)3-1)22-9-12-26-25(30-22)29-19-5-7-20(8-6-19)32-23-21-11-14-33-24(21)28-16-27-23/h1-9,11-12,14,16H,10,13,15H2,(H,26,29,30). The highest BCUT2D eigenvalue weighted by atomic mass is 32.1. The zero-order chi connectivity index (χ0) is 22.0. The number of benzene rings is 2. The van der Waals surface area contributed by atoms with Gasteiger partial charge in [-0.15, -0.1) is 11.3 Å². The minimum atomic E-state index is 0.557. The summed E-state index contributed by atoms with van der Waals surface area (Å²) in [4.78, 5) is 20.9. The van der Waals surface area contributed by atoms with Crippen molar-refractivity contribution in [2.24, 2.45) is 0 Å². The van der Waals surface area contributed by atoms with Crippen molar-refractivity contribution in [2.45, 2.75) is 13.0 Å². The number of rotatable bonds is 5. The predicted molar refractivity (Wildman–Crippen MR) is 130 cm³/mol. The van der Waals surface area contributed by atoms with E-state index in [0.29, 0.717) is 17.6 Å². The molecule has 6 rings (SSSR count). The highest BCUT2D eigenvalue weighted by molar-refractivity contribution is 7.16. The van der Waals surface area contributed by atoms with Crippen molar-refractivity contribution in [3.63, 3.8) is 0 Å². The van der Waals surface area contributed by atoms with Gasteiger partial charge in [0.25, 0.3) is 0 Å². The normalized spacial score (nSPS) is 13.0. The fraction of sp³-hybridized carbons (Fsp3) is 0.120. The van der Waals surface area contributed by atoms with Crippen LogP contribution in [0.2, 0.25) is 0 Å². The van der Waals surface area contributed by atoms with E-state index in [0.717, 1.165) is 41.2 Å². The number of anilines is 3. The van der Waals surface area contributed by atoms with Crippen molar-refractivity contribution < 1.29 is 4.74 Å². The van der Waals surface area contributed by atoms with Crippen LogP contribution < -0.4 is 15.0 Å². The van der Waals surface area contributed by atoms with Gasteiger partial charge < -0.3 is 15.0 Å². The number of thiophene rings is 1. The smallest absolute Gasteiger partial charge is 0.231 e. The molecule has 0 radical (unpaired) electrons. The molecule has 162 valence electrons. The Labute approximate surface area is 194 Å². The average molecular weight is 453 g/mol. The number of hydrogen-bond acceptors (Lipinski definition) is 8. The molecule has 8 heteroatoms. The highest BCUT2D eigenvalue weighted by Gasteiger charge is 2.17. The summed E-state index contributed by atoms with van der Waals surface area (Å²) < 4.78 is 5.97. The maximum absolute atomic E-state index is 5.97. The van der Waals surface area contributed by atoms with Gasteiger partial charge in [0.2, 0.25) is 11.8 Å². The lowest BCUT2D eigenvalue weighted by atomic mass is 10.00. The Morgan fingerprint density at radius 3 is 2.70 bits per heavy atom. The van der Waals surface area contributed by atoms with E-state index in [1.54, 1.807) is 17.5 Å². The summed E-state index contributed by atoms with van der Waals surface area (Å²) in [5.41, 5.74) is 3.66. The Balaban J connectivity index is 1.16. The van der Waals surface area contributed by atoms with E-state index in [2.05, 4.69) is 49.4 Å². The molecule has 4 heterocycles. The molecule has 0 saturated heterocycles. The predicted octanol–water partition coefficient (Wildman–Crippen LogP) is 5.58. The molecule has 0 atom stereocenters. The first-order valence-electron chi connectivity index (χ1n) is 10.7. The Morgan fingerprint density at radius 1 is 0.909 bits per heavy atom. The van der Waals surface area contributed by atoms with Gasteiger partial charge >= 0.3 is 0 Å². The maximum atomic E-state index is 5.97. The van der Waals surface area contributed by atoms with Gasteiger partial charge in [0.05, 0.1) is 5.39 Å². The van der Waals surface area contributed by atoms with Gasteiger partial charge in [-0.2, -0.15) is 4.98 Å². The zero-order valence-corrected chi connectivity index (χ0v) is 18.5. The van der Waals surface area contributed by atoms with Crippen molar-refractivity contribution in [1.82, 2.24) is 19.9 Å². The van der Waals surface area contributed by atoms with Crippen LogP contribution in [0.25, 0.3) is 10.2 Å². The second kappa shape index (κ2) is 8.48. The van der Waals surface area contributed by atoms with Crippen molar-refractivity contribution in [3.05, 3.63) is 89.7 Å². The molecule has 5 aromatic rings. The van der Waals surface area contributed by atoms with Crippen LogP contribution in [0.4, 0.5) is 17.5 Å². The van der Waals surface area contributed by atoms with Crippen molar-refractivity contribution in [2.75, 3.05) is 16.8 Å². The quantitative estimate of drug-likeness (QED) is 0.373. The summed E-state index contributed by atoms with van der Waals surface area (Å²) >= 11 is 1.57. The van der Waals surface area contributed by atoms with Crippen LogP contribution in [0.3, 0.4) is 0 Å². The van der Waals surface area contributed by atoms with E-state index in [1.807, 2.05) is 41.8 Å². The minimum Gasteiger partial charge on any atom is -0.438 e. The van der Waals surface area contributed by atoms with E-state index in [1.165, 1.54) is 17.5 Å². The van der Waals surface area contributed by atoms with Crippen LogP contribution in [0, 0.1) is 0 Å². The molecule has 1 N–H and O–H groups in total. The van der Waals surface area contributed by atoms with Gasteiger partial charge in [0.15, 0.2) is 0 Å². The first kappa shape index (κ1) is 19.6. The summed E-state index contributed by atoms with van der Waals surface area (Å²) in [7, 11) is 0. The molecular weight excluding hydrogens is 432 g/mol. The number of ether oxygens (including phenoxy) is 1. The van der Waals surface area contributed by atoms with Crippen LogP contribution >= 0.6 is 11.3 Å². The van der Waals surface area contributed by atoms with E-state index in [9.17, 15) is 0 Å². The van der Waals surface area contributed by atoms with Gasteiger partial charge in [-0.3, -0.25) is 0 Å². The summed E-state index contributed by atoms with van der Waals surface area (Å²) in [6.07, 6.45) is 4.34. The van der Waals surface area contributed by atoms with Crippen molar-refractivity contribution in [3.8, 4) is 11.6 Å². The molecule has 1 aliphatic rings. The number of aromatic nitrogens is 4. The SMILES string of the molecule is c1ccc2c(c1)CCN(c1ccnc(Nc3ccc(Oc4ncnc5sccc45)cc3)n1)C2. The first-order valence-corrected chi connectivity index (χ1v) is 11.6. The van der Waals surface area contributed by atoms with Crippen LogP contribution in [-0.4, -0.2) is 26.5 Å². The van der Waals surface area contributed by atoms with E-state index < -0.39 is 0 Å². The number of fused-ring (bicyclic) bond motifs is 2. The van der Waals surface area contributed by atoms with E-state index in [4.69, 9.17) is 9.72 Å². The summed E-state index contributed by atoms with van der Waals surface area (Å²) in [5.74, 6) is 2.75. The van der Waals surface area contributed by atoms with Crippen LogP contribution in [0.1, 0.15) is 11.1 Å². The Morgan fingerprint density at radius 2 is 1.79 bits per heavy atom. The lowest BCUT2D eigenvalue weighted by molar-refractivity contribution is 0.468. The number of hydrogen-bond donors (Lipinski definition) is 1. The van der Waals surface area contributed by atoms with Gasteiger partial charge in [-0.25, -0.2) is 15.0 Å². The minimum absolute atomic E-state index is 0.557. The molecule has 0 amide bonds. The van der Waals surface area contributed by atoms with E-state index >= 15 is 0 Å². The number of nitrogens with zero attached hydrogens (tertiary/aromatic N) is 5. The summed E-state index contributed by atoms with van der Waals surface area (Å²) in [6.45, 7) is 1.80. The molecule has 7 nitrogen and oxygen atoms in total. The zero-order valence-electron chi connectivity index (χ0n) is 17.7. The number of nitrogens with one attached hydrogen (secondary N) is 1. The lowest BCUT2D eigenvalue weighted by Gasteiger charge is -2.29.